The third kappa shape index (κ3) is 23.8. The lowest BCUT2D eigenvalue weighted by Crippen LogP contribution is -2.33. The van der Waals surface area contributed by atoms with Crippen molar-refractivity contribution < 1.29 is 80.8 Å². The van der Waals surface area contributed by atoms with E-state index in [0.29, 0.717) is 103 Å². The fraction of sp³-hybridized carbons (Fsp3) is 0.450. The van der Waals surface area contributed by atoms with Gasteiger partial charge in [-0.25, -0.2) is 19.9 Å². The van der Waals surface area contributed by atoms with Gasteiger partial charge in [0.05, 0.1) is 132 Å². The normalized spacial score (nSPS) is 13.1. The second kappa shape index (κ2) is 42.7. The summed E-state index contributed by atoms with van der Waals surface area (Å²) >= 11 is 0. The molecule has 38 heteroatoms. The van der Waals surface area contributed by atoms with E-state index in [-0.39, 0.29) is 110 Å². The molecule has 11 rings (SSSR count). The molecule has 10 aromatic rings. The monoisotopic (exact) mass is 1630 g/mol. The zero-order valence-electron chi connectivity index (χ0n) is 67.8. The minimum absolute atomic E-state index is 0.00152. The van der Waals surface area contributed by atoms with Crippen molar-refractivity contribution in [3.63, 3.8) is 0 Å². The van der Waals surface area contributed by atoms with Gasteiger partial charge in [-0.15, -0.1) is 0 Å². The number of nitrogens with zero attached hydrogens (tertiary/aromatic N) is 13. The van der Waals surface area contributed by atoms with E-state index in [9.17, 15) is 38.4 Å². The maximum Gasteiger partial charge on any atom is 0.291 e. The van der Waals surface area contributed by atoms with Crippen molar-refractivity contribution >= 4 is 92.2 Å². The SMILES string of the molecule is COCc1nc2cnc3cc(-c4c(C)noc4C)c(OC[C@H]4CCN(CCOCCOCCOCCOCCOCCOCCNC(=O)CCNC(=O)c5nc(NC(=O)CCNC(=O)c6cc(NC(=O)c7nc(NC(=O)CCNC(=O)c8cc(NC(=O)c9nccn9C)cn8C)cn7C)cn6C)cn5C)C4)cc3c2n1[C@H](C)c1ccccc1. The van der Waals surface area contributed by atoms with Crippen LogP contribution in [-0.2, 0) is 89.4 Å². The fourth-order valence-corrected chi connectivity index (χ4v) is 13.5. The van der Waals surface area contributed by atoms with Crippen LogP contribution in [0.4, 0.5) is 23.0 Å². The van der Waals surface area contributed by atoms with Crippen LogP contribution >= 0.6 is 0 Å². The molecule has 0 unspecified atom stereocenters. The van der Waals surface area contributed by atoms with Gasteiger partial charge in [-0.1, -0.05) is 35.5 Å². The third-order valence-electron chi connectivity index (χ3n) is 19.4. The lowest BCUT2D eigenvalue weighted by molar-refractivity contribution is -0.121. The number of aryl methyl sites for hydroxylation is 7. The molecule has 1 saturated heterocycles. The minimum Gasteiger partial charge on any atom is -0.493 e. The number of pyridine rings is 1. The van der Waals surface area contributed by atoms with Gasteiger partial charge in [-0.3, -0.25) is 43.3 Å². The highest BCUT2D eigenvalue weighted by molar-refractivity contribution is 6.07. The first-order valence-electron chi connectivity index (χ1n) is 38.9. The summed E-state index contributed by atoms with van der Waals surface area (Å²) in [7, 11) is 9.74. The number of amides is 8. The van der Waals surface area contributed by atoms with Crippen LogP contribution in [0.5, 0.6) is 5.75 Å². The number of benzene rings is 2. The van der Waals surface area contributed by atoms with Crippen LogP contribution in [-0.4, -0.2) is 248 Å². The molecule has 0 saturated carbocycles. The van der Waals surface area contributed by atoms with Crippen LogP contribution in [0, 0.1) is 19.8 Å². The Hall–Kier alpha value is -12.0. The Balaban J connectivity index is 0.467. The highest BCUT2D eigenvalue weighted by Crippen LogP contribution is 2.41. The number of likely N-dealkylation sites (tertiary alicyclic amines) is 1. The Bertz CT molecular complexity index is 5080. The molecule has 0 radical (unpaired) electrons. The van der Waals surface area contributed by atoms with Gasteiger partial charge in [0.15, 0.2) is 17.5 Å². The quantitative estimate of drug-likeness (QED) is 0.0226. The van der Waals surface area contributed by atoms with E-state index in [4.69, 9.17) is 52.4 Å². The molecule has 0 bridgehead atoms. The lowest BCUT2D eigenvalue weighted by Gasteiger charge is -2.20. The second-order valence-electron chi connectivity index (χ2n) is 28.2. The summed E-state index contributed by atoms with van der Waals surface area (Å²) in [6.45, 7) is 14.8. The molecule has 1 aliphatic heterocycles. The molecule has 0 aliphatic carbocycles. The Morgan fingerprint density at radius 2 is 1.09 bits per heavy atom. The van der Waals surface area contributed by atoms with Gasteiger partial charge in [0.1, 0.15) is 40.8 Å². The third-order valence-corrected chi connectivity index (χ3v) is 19.4. The molecule has 0 spiro atoms. The van der Waals surface area contributed by atoms with Crippen LogP contribution in [0.25, 0.3) is 33.1 Å². The molecule has 8 amide bonds. The van der Waals surface area contributed by atoms with Crippen molar-refractivity contribution in [1.82, 2.24) is 83.6 Å². The van der Waals surface area contributed by atoms with E-state index in [1.54, 1.807) is 59.3 Å². The Labute approximate surface area is 680 Å². The van der Waals surface area contributed by atoms with Gasteiger partial charge in [-0.05, 0) is 63.6 Å². The summed E-state index contributed by atoms with van der Waals surface area (Å²) < 4.78 is 61.8. The summed E-state index contributed by atoms with van der Waals surface area (Å²) in [6.07, 6.45) is 11.7. The number of rotatable bonds is 47. The molecule has 2 atom stereocenters. The number of hydrogen-bond donors (Lipinski definition) is 8. The highest BCUT2D eigenvalue weighted by Gasteiger charge is 2.28. The first-order valence-corrected chi connectivity index (χ1v) is 38.9. The molecule has 8 N–H and O–H groups in total. The van der Waals surface area contributed by atoms with Gasteiger partial charge >= 0.3 is 0 Å². The van der Waals surface area contributed by atoms with Crippen molar-refractivity contribution in [1.29, 1.82) is 0 Å². The molecule has 38 nitrogen and oxygen atoms in total. The fourth-order valence-electron chi connectivity index (χ4n) is 13.5. The van der Waals surface area contributed by atoms with E-state index in [1.807, 2.05) is 26.1 Å². The predicted octanol–water partition coefficient (Wildman–Crippen LogP) is 5.25. The number of anilines is 4. The van der Waals surface area contributed by atoms with Crippen molar-refractivity contribution in [2.75, 3.05) is 160 Å². The zero-order valence-corrected chi connectivity index (χ0v) is 67.8. The number of nitrogens with one attached hydrogen (secondary N) is 8. The number of hydrogen-bond acceptors (Lipinski definition) is 24. The van der Waals surface area contributed by atoms with Gasteiger partial charge in [0.2, 0.25) is 29.4 Å². The van der Waals surface area contributed by atoms with Crippen molar-refractivity contribution in [2.24, 2.45) is 41.2 Å². The Kier molecular flexibility index (Phi) is 31.4. The van der Waals surface area contributed by atoms with E-state index in [0.717, 1.165) is 81.9 Å². The van der Waals surface area contributed by atoms with Gasteiger partial charge in [-0.2, -0.15) is 0 Å². The molecule has 630 valence electrons. The summed E-state index contributed by atoms with van der Waals surface area (Å²) in [4.78, 5) is 128. The first-order chi connectivity index (χ1) is 57.1. The number of fused-ring (bicyclic) bond motifs is 3. The van der Waals surface area contributed by atoms with Gasteiger partial charge in [0.25, 0.3) is 29.5 Å². The number of carbonyl (C=O) groups excluding carboxylic acids is 8. The smallest absolute Gasteiger partial charge is 0.291 e. The largest absolute Gasteiger partial charge is 0.493 e. The van der Waals surface area contributed by atoms with Crippen molar-refractivity contribution in [3.05, 3.63) is 150 Å². The van der Waals surface area contributed by atoms with Crippen molar-refractivity contribution in [2.45, 2.75) is 59.1 Å². The van der Waals surface area contributed by atoms with Crippen LogP contribution in [0.1, 0.15) is 114 Å². The summed E-state index contributed by atoms with van der Waals surface area (Å²) in [6, 6.07) is 17.5. The molecule has 1 aliphatic rings. The van der Waals surface area contributed by atoms with Crippen LogP contribution in [0.2, 0.25) is 0 Å². The van der Waals surface area contributed by atoms with E-state index in [1.165, 1.54) is 55.2 Å². The molecular formula is C80H103N21O17. The van der Waals surface area contributed by atoms with Crippen LogP contribution in [0.3, 0.4) is 0 Å². The average molecular weight is 1630 g/mol. The lowest BCUT2D eigenvalue weighted by atomic mass is 10.00. The number of carbonyl (C=O) groups is 8. The Morgan fingerprint density at radius 3 is 1.64 bits per heavy atom. The minimum atomic E-state index is -0.638. The molecule has 1 fully saturated rings. The number of ether oxygens (including phenoxy) is 8. The summed E-state index contributed by atoms with van der Waals surface area (Å²) in [5.41, 5.74) is 7.38. The maximum atomic E-state index is 13.3. The zero-order chi connectivity index (χ0) is 83.6. The molecule has 9 heterocycles. The van der Waals surface area contributed by atoms with E-state index >= 15 is 0 Å². The van der Waals surface area contributed by atoms with E-state index in [2.05, 4.69) is 115 Å². The van der Waals surface area contributed by atoms with Gasteiger partial charge in [0, 0.05) is 155 Å². The van der Waals surface area contributed by atoms with Crippen LogP contribution < -0.4 is 47.3 Å². The average Bonchev–Trinajstić information content (AvgIpc) is 1.58. The predicted molar refractivity (Wildman–Crippen MR) is 433 cm³/mol. The van der Waals surface area contributed by atoms with E-state index < -0.39 is 41.4 Å². The van der Waals surface area contributed by atoms with Crippen LogP contribution in [0.15, 0.2) is 102 Å². The molecule has 2 aromatic carbocycles. The van der Waals surface area contributed by atoms with Gasteiger partial charge < -0.3 is 117 Å². The Morgan fingerprint density at radius 1 is 0.551 bits per heavy atom. The molecule has 8 aromatic heterocycles. The van der Waals surface area contributed by atoms with Crippen molar-refractivity contribution in [3.8, 4) is 16.9 Å². The number of methoxy groups -OCH3 is 1. The topological polar surface area (TPSA) is 430 Å². The first kappa shape index (κ1) is 86.8. The maximum absolute atomic E-state index is 13.3. The summed E-state index contributed by atoms with van der Waals surface area (Å²) in [5, 5.41) is 26.6. The summed E-state index contributed by atoms with van der Waals surface area (Å²) in [5.74, 6) is -1.00. The molecular weight excluding hydrogens is 1530 g/mol. The molecule has 118 heavy (non-hydrogen) atoms. The second-order valence-corrected chi connectivity index (χ2v) is 28.2. The number of aromatic nitrogens is 12. The number of imidazole rings is 4. The highest BCUT2D eigenvalue weighted by atomic mass is 16.6. The standard InChI is InChI=1S/C80H103N21O17/c1-51-71(53(3)118-94-51)59-41-60-58(72-61(43-86-60)89-67(50-110-9)101(72)52(2)55-13-11-10-12-14-55)42-64(59)117-49-54-18-24-100(44-54)26-28-112-30-32-114-34-36-116-38-37-115-35-33-113-31-29-111-27-23-81-68(102)15-19-85-78(107)74-92-65(47-98(74)7)90-69(103)16-20-84-77(106)63-40-57(46-97(63)6)88-80(109)75-93-66(48-99(75)8)91-70(104)17-21-83-76(105)62-39-56(45-96(62)5)87-79(108)73-82-22-25-95(73)4/h10-14,22,25,39-43,45-48,52,54H,15-21,23-24,26-38,44,49-50H2,1-9H3,(H,81,102)(H,83,105)(H,84,106)(H,85,107)(H,87,108)(H,88,109)(H,90,103)(H,91,104)/t52-,54+/m1/s1.